The summed E-state index contributed by atoms with van der Waals surface area (Å²) >= 11 is 2.08. The molecule has 0 amide bonds. The fraction of sp³-hybridized carbons (Fsp3) is 0.429. The van der Waals surface area contributed by atoms with Gasteiger partial charge in [-0.25, -0.2) is 0 Å². The van der Waals surface area contributed by atoms with Gasteiger partial charge in [-0.2, -0.15) is 0 Å². The Balaban J connectivity index is 3.99. The summed E-state index contributed by atoms with van der Waals surface area (Å²) in [6, 6.07) is 0. The van der Waals surface area contributed by atoms with Gasteiger partial charge in [0.2, 0.25) is 0 Å². The molecular formula is C7H10IO3PS. The summed E-state index contributed by atoms with van der Waals surface area (Å²) in [6.07, 6.45) is 3.56. The second-order valence-electron chi connectivity index (χ2n) is 1.88. The lowest BCUT2D eigenvalue weighted by atomic mass is 10.5. The highest BCUT2D eigenvalue weighted by molar-refractivity contribution is 14.2. The van der Waals surface area contributed by atoms with Gasteiger partial charge in [0.05, 0.1) is 6.16 Å². The summed E-state index contributed by atoms with van der Waals surface area (Å²) < 4.78 is 20.9. The highest BCUT2D eigenvalue weighted by Crippen LogP contribution is 2.45. The highest BCUT2D eigenvalue weighted by atomic mass is 127. The molecule has 0 aromatic heterocycles. The molecule has 0 heterocycles. The quantitative estimate of drug-likeness (QED) is 0.450. The summed E-state index contributed by atoms with van der Waals surface area (Å²) in [5, 5.41) is 2.77. The van der Waals surface area contributed by atoms with Gasteiger partial charge in [-0.1, -0.05) is 12.0 Å². The van der Waals surface area contributed by atoms with Crippen molar-refractivity contribution >= 4 is 37.7 Å². The predicted octanol–water partition coefficient (Wildman–Crippen LogP) is 3.07. The van der Waals surface area contributed by atoms with Crippen molar-refractivity contribution in [3.05, 3.63) is 12.2 Å². The van der Waals surface area contributed by atoms with Crippen molar-refractivity contribution in [1.82, 2.24) is 0 Å². The van der Waals surface area contributed by atoms with Crippen LogP contribution in [-0.4, -0.2) is 20.4 Å². The fourth-order valence-corrected chi connectivity index (χ4v) is 1.83. The van der Waals surface area contributed by atoms with E-state index in [1.807, 2.05) is 0 Å². The van der Waals surface area contributed by atoms with E-state index in [-0.39, 0.29) is 6.16 Å². The molecule has 0 atom stereocenters. The van der Waals surface area contributed by atoms with E-state index in [0.29, 0.717) is 0 Å². The van der Waals surface area contributed by atoms with E-state index in [4.69, 9.17) is 9.05 Å². The minimum Gasteiger partial charge on any atom is -0.312 e. The first-order chi connectivity index (χ1) is 6.18. The molecule has 0 bridgehead atoms. The lowest BCUT2D eigenvalue weighted by Gasteiger charge is -2.09. The molecule has 0 aliphatic rings. The Hall–Kier alpha value is 0.530. The Labute approximate surface area is 94.8 Å². The molecule has 0 aromatic carbocycles. The van der Waals surface area contributed by atoms with Crippen molar-refractivity contribution in [1.29, 1.82) is 0 Å². The first kappa shape index (κ1) is 13.5. The molecule has 0 rings (SSSR count). The van der Waals surface area contributed by atoms with Crippen molar-refractivity contribution in [2.24, 2.45) is 0 Å². The van der Waals surface area contributed by atoms with Gasteiger partial charge in [0.15, 0.2) is 0 Å². The van der Waals surface area contributed by atoms with E-state index in [0.717, 1.165) is 0 Å². The van der Waals surface area contributed by atoms with Crippen LogP contribution < -0.4 is 0 Å². The van der Waals surface area contributed by atoms with Crippen molar-refractivity contribution < 1.29 is 13.6 Å². The zero-order valence-corrected chi connectivity index (χ0v) is 11.2. The molecule has 0 radical (unpaired) electrons. The predicted molar refractivity (Wildman–Crippen MR) is 65.0 cm³/mol. The van der Waals surface area contributed by atoms with Crippen LogP contribution in [-0.2, 0) is 13.6 Å². The van der Waals surface area contributed by atoms with Gasteiger partial charge in [0, 0.05) is 35.4 Å². The zero-order chi connectivity index (χ0) is 10.2. The maximum atomic E-state index is 11.4. The average molecular weight is 332 g/mol. The Morgan fingerprint density at radius 1 is 1.54 bits per heavy atom. The smallest absolute Gasteiger partial charge is 0.312 e. The summed E-state index contributed by atoms with van der Waals surface area (Å²) in [6.45, 7) is 0. The van der Waals surface area contributed by atoms with Crippen LogP contribution in [0.25, 0.3) is 0 Å². The van der Waals surface area contributed by atoms with Crippen molar-refractivity contribution in [2.75, 3.05) is 20.4 Å². The number of halogens is 1. The third-order valence-electron chi connectivity index (χ3n) is 1.18. The zero-order valence-electron chi connectivity index (χ0n) is 7.32. The van der Waals surface area contributed by atoms with E-state index in [2.05, 4.69) is 32.4 Å². The average Bonchev–Trinajstić information content (AvgIpc) is 2.17. The summed E-state index contributed by atoms with van der Waals surface area (Å²) in [4.78, 5) is 0. The third-order valence-corrected chi connectivity index (χ3v) is 3.81. The molecule has 0 unspecified atom stereocenters. The molecule has 0 saturated carbocycles. The Morgan fingerprint density at radius 2 is 2.15 bits per heavy atom. The molecule has 13 heavy (non-hydrogen) atoms. The second-order valence-corrected chi connectivity index (χ2v) is 5.88. The molecule has 0 aromatic rings. The Morgan fingerprint density at radius 3 is 2.62 bits per heavy atom. The molecule has 6 heteroatoms. The molecule has 0 aliphatic heterocycles. The van der Waals surface area contributed by atoms with Gasteiger partial charge in [-0.15, -0.1) is 0 Å². The van der Waals surface area contributed by atoms with Crippen LogP contribution in [0.15, 0.2) is 12.2 Å². The van der Waals surface area contributed by atoms with E-state index in [1.165, 1.54) is 23.2 Å². The number of rotatable bonds is 4. The third kappa shape index (κ3) is 6.58. The lowest BCUT2D eigenvalue weighted by molar-refractivity contribution is 0.279. The van der Waals surface area contributed by atoms with Gasteiger partial charge in [-0.3, -0.25) is 4.57 Å². The molecule has 0 spiro atoms. The van der Waals surface area contributed by atoms with E-state index < -0.39 is 7.60 Å². The van der Waals surface area contributed by atoms with Crippen LogP contribution in [0, 0.1) is 11.2 Å². The largest absolute Gasteiger partial charge is 0.333 e. The molecule has 0 N–H and O–H groups in total. The number of allylic oxidation sites excluding steroid dienone is 2. The standard InChI is InChI=1S/C7H10IO3PS/c1-10-12(9,11-2)6-4-3-5-7-13-8/h3-4H,6H2,1-2H3/b4-3+. The van der Waals surface area contributed by atoms with E-state index in [1.54, 1.807) is 12.2 Å². The minimum absolute atomic E-state index is 0.251. The maximum absolute atomic E-state index is 11.4. The monoisotopic (exact) mass is 332 g/mol. The Kier molecular flexibility index (Phi) is 8.21. The number of hydrogen-bond acceptors (Lipinski definition) is 4. The van der Waals surface area contributed by atoms with E-state index in [9.17, 15) is 4.57 Å². The molecule has 0 fully saturated rings. The van der Waals surface area contributed by atoms with Gasteiger partial charge in [-0.05, 0) is 20.3 Å². The second kappa shape index (κ2) is 7.89. The molecule has 3 nitrogen and oxygen atoms in total. The van der Waals surface area contributed by atoms with Crippen LogP contribution >= 0.6 is 37.7 Å². The first-order valence-electron chi connectivity index (χ1n) is 3.32. The van der Waals surface area contributed by atoms with E-state index >= 15 is 0 Å². The van der Waals surface area contributed by atoms with Crippen molar-refractivity contribution in [3.8, 4) is 11.2 Å². The van der Waals surface area contributed by atoms with Crippen molar-refractivity contribution in [3.63, 3.8) is 0 Å². The normalized spacial score (nSPS) is 11.3. The van der Waals surface area contributed by atoms with Gasteiger partial charge < -0.3 is 9.05 Å². The van der Waals surface area contributed by atoms with Crippen LogP contribution in [0.1, 0.15) is 0 Å². The van der Waals surface area contributed by atoms with Crippen LogP contribution in [0.3, 0.4) is 0 Å². The minimum atomic E-state index is -2.89. The Bertz CT molecular complexity index is 261. The topological polar surface area (TPSA) is 35.5 Å². The molecule has 0 saturated heterocycles. The summed E-state index contributed by atoms with van der Waals surface area (Å²) in [5.74, 6) is 2.75. The summed E-state index contributed by atoms with van der Waals surface area (Å²) in [5.41, 5.74) is 0. The van der Waals surface area contributed by atoms with Crippen LogP contribution in [0.5, 0.6) is 0 Å². The van der Waals surface area contributed by atoms with Gasteiger partial charge in [0.1, 0.15) is 0 Å². The SMILES string of the molecule is COP(=O)(C/C=C/C#CSI)OC. The summed E-state index contributed by atoms with van der Waals surface area (Å²) in [7, 11) is 1.24. The first-order valence-corrected chi connectivity index (χ1v) is 8.41. The highest BCUT2D eigenvalue weighted by Gasteiger charge is 2.17. The molecular weight excluding hydrogens is 322 g/mol. The van der Waals surface area contributed by atoms with Crippen molar-refractivity contribution in [2.45, 2.75) is 0 Å². The molecule has 0 aliphatic carbocycles. The van der Waals surface area contributed by atoms with Crippen LogP contribution in [0.4, 0.5) is 0 Å². The molecule has 74 valence electrons. The van der Waals surface area contributed by atoms with Crippen LogP contribution in [0.2, 0.25) is 0 Å². The number of hydrogen-bond donors (Lipinski definition) is 0. The lowest BCUT2D eigenvalue weighted by Crippen LogP contribution is -1.91. The van der Waals surface area contributed by atoms with Gasteiger partial charge in [0.25, 0.3) is 0 Å². The maximum Gasteiger partial charge on any atom is 0.333 e. The van der Waals surface area contributed by atoms with Gasteiger partial charge >= 0.3 is 7.60 Å². The fourth-order valence-electron chi connectivity index (χ4n) is 0.521.